The summed E-state index contributed by atoms with van der Waals surface area (Å²) in [4.78, 5) is 0. The van der Waals surface area contributed by atoms with Gasteiger partial charge in [0, 0.05) is 18.6 Å². The van der Waals surface area contributed by atoms with Gasteiger partial charge in [-0.2, -0.15) is 36.4 Å². The first-order valence-electron chi connectivity index (χ1n) is 1.91. The van der Waals surface area contributed by atoms with E-state index in [1.54, 1.807) is 0 Å². The summed E-state index contributed by atoms with van der Waals surface area (Å²) < 4.78 is 0. The van der Waals surface area contributed by atoms with E-state index in [4.69, 9.17) is 0 Å². The molecular weight excluding hydrogens is 147 g/mol. The summed E-state index contributed by atoms with van der Waals surface area (Å²) in [6, 6.07) is 12.5. The fourth-order valence-electron chi connectivity index (χ4n) is 0.342. The van der Waals surface area contributed by atoms with E-state index in [1.165, 1.54) is 0 Å². The molecule has 0 aliphatic rings. The Kier molecular flexibility index (Phi) is 19.0. The number of hydrogen-bond donors (Lipinski definition) is 0. The second kappa shape index (κ2) is 10.7. The topological polar surface area (TPSA) is 0 Å². The predicted molar refractivity (Wildman–Crippen MR) is 38.1 cm³/mol. The third-order valence-electron chi connectivity index (χ3n) is 0.607. The van der Waals surface area contributed by atoms with E-state index in [0.717, 1.165) is 0 Å². The van der Waals surface area contributed by atoms with E-state index < -0.39 is 0 Å². The molecule has 0 N–H and O–H groups in total. The molecule has 0 aromatic heterocycles. The van der Waals surface area contributed by atoms with Crippen LogP contribution < -0.4 is 0 Å². The van der Waals surface area contributed by atoms with E-state index in [0.29, 0.717) is 0 Å². The van der Waals surface area contributed by atoms with Crippen molar-refractivity contribution >= 4 is 0 Å². The van der Waals surface area contributed by atoms with Gasteiger partial charge in [0.2, 0.25) is 0 Å². The molecule has 0 amide bonds. The molecule has 0 aliphatic heterocycles. The van der Waals surface area contributed by atoms with Crippen LogP contribution in [0, 0.1) is 20.9 Å². The van der Waals surface area contributed by atoms with E-state index in [1.807, 2.05) is 30.3 Å². The smallest absolute Gasteiger partial charge is 0 e. The van der Waals surface area contributed by atoms with Gasteiger partial charge in [-0.05, 0) is 0 Å². The second-order valence-corrected chi connectivity index (χ2v) is 1.08. The first kappa shape index (κ1) is 15.9. The third kappa shape index (κ3) is 7.80. The Labute approximate surface area is 70.2 Å². The summed E-state index contributed by atoms with van der Waals surface area (Å²) >= 11 is 0. The van der Waals surface area contributed by atoms with Gasteiger partial charge in [-0.15, -0.1) is 0 Å². The Morgan fingerprint density at radius 3 is 1.33 bits per heavy atom. The van der Waals surface area contributed by atoms with Crippen molar-refractivity contribution in [1.82, 2.24) is 0 Å². The van der Waals surface area contributed by atoms with Crippen LogP contribution in [0.25, 0.3) is 0 Å². The number of rotatable bonds is 0. The van der Waals surface area contributed by atoms with Crippen LogP contribution in [0.4, 0.5) is 0 Å². The average molecular weight is 158 g/mol. The Hall–Kier alpha value is -0.196. The van der Waals surface area contributed by atoms with Crippen LogP contribution >= 0.6 is 0 Å². The molecule has 0 saturated heterocycles. The van der Waals surface area contributed by atoms with E-state index >= 15 is 0 Å². The SMILES string of the molecule is [CH3-].[CH3-].[V].[c-]1ccccc1. The van der Waals surface area contributed by atoms with Gasteiger partial charge in [-0.3, -0.25) is 0 Å². The van der Waals surface area contributed by atoms with Gasteiger partial charge in [0.25, 0.3) is 0 Å². The second-order valence-electron chi connectivity index (χ2n) is 1.08. The van der Waals surface area contributed by atoms with Gasteiger partial charge >= 0.3 is 0 Å². The van der Waals surface area contributed by atoms with Gasteiger partial charge in [-0.1, -0.05) is 0 Å². The van der Waals surface area contributed by atoms with Gasteiger partial charge < -0.3 is 14.9 Å². The Morgan fingerprint density at radius 2 is 1.22 bits per heavy atom. The summed E-state index contributed by atoms with van der Waals surface area (Å²) in [6.45, 7) is 0. The molecule has 9 heavy (non-hydrogen) atoms. The summed E-state index contributed by atoms with van der Waals surface area (Å²) in [7, 11) is 0. The van der Waals surface area contributed by atoms with Crippen molar-refractivity contribution < 1.29 is 18.6 Å². The monoisotopic (exact) mass is 158 g/mol. The van der Waals surface area contributed by atoms with Crippen molar-refractivity contribution in [2.45, 2.75) is 0 Å². The minimum Gasteiger partial charge on any atom is -0.358 e. The molecule has 1 heteroatoms. The Bertz CT molecular complexity index is 76.5. The summed E-state index contributed by atoms with van der Waals surface area (Å²) in [5.41, 5.74) is 0. The van der Waals surface area contributed by atoms with Crippen molar-refractivity contribution in [2.75, 3.05) is 0 Å². The molecule has 1 radical (unpaired) electrons. The van der Waals surface area contributed by atoms with Crippen molar-refractivity contribution in [3.63, 3.8) is 0 Å². The van der Waals surface area contributed by atoms with E-state index in [9.17, 15) is 0 Å². The van der Waals surface area contributed by atoms with Crippen LogP contribution in [-0.2, 0) is 18.6 Å². The molecule has 0 nitrogen and oxygen atoms in total. The van der Waals surface area contributed by atoms with Crippen LogP contribution in [0.5, 0.6) is 0 Å². The van der Waals surface area contributed by atoms with Gasteiger partial charge in [0.1, 0.15) is 0 Å². The van der Waals surface area contributed by atoms with Gasteiger partial charge in [-0.25, -0.2) is 0 Å². The first-order chi connectivity index (χ1) is 3.00. The molecule has 1 aromatic carbocycles. The van der Waals surface area contributed by atoms with Crippen LogP contribution in [0.1, 0.15) is 0 Å². The number of hydrogen-bond acceptors (Lipinski definition) is 0. The maximum atomic E-state index is 2.89. The Balaban J connectivity index is -0.000000120. The van der Waals surface area contributed by atoms with Crippen LogP contribution in [0.2, 0.25) is 0 Å². The van der Waals surface area contributed by atoms with Crippen LogP contribution in [0.3, 0.4) is 0 Å². The van der Waals surface area contributed by atoms with Crippen molar-refractivity contribution in [2.24, 2.45) is 0 Å². The molecule has 0 bridgehead atoms. The molecule has 0 heterocycles. The first-order valence-corrected chi connectivity index (χ1v) is 1.91. The molecule has 51 valence electrons. The van der Waals surface area contributed by atoms with Crippen LogP contribution in [0.15, 0.2) is 30.3 Å². The molecule has 0 unspecified atom stereocenters. The minimum absolute atomic E-state index is 0. The predicted octanol–water partition coefficient (Wildman–Crippen LogP) is 2.38. The molecule has 0 saturated carbocycles. The fraction of sp³-hybridized carbons (Fsp3) is 0. The molecule has 0 fully saturated rings. The number of benzene rings is 1. The maximum absolute atomic E-state index is 2.89. The molecule has 1 aromatic rings. The molecule has 0 atom stereocenters. The van der Waals surface area contributed by atoms with E-state index in [2.05, 4.69) is 6.07 Å². The van der Waals surface area contributed by atoms with E-state index in [-0.39, 0.29) is 33.4 Å². The largest absolute Gasteiger partial charge is 0.358 e. The van der Waals surface area contributed by atoms with Crippen molar-refractivity contribution in [1.29, 1.82) is 0 Å². The van der Waals surface area contributed by atoms with Gasteiger partial charge in [0.15, 0.2) is 0 Å². The zero-order valence-corrected chi connectivity index (χ0v) is 7.23. The Morgan fingerprint density at radius 1 is 0.778 bits per heavy atom. The molecular formula is C8H11V-3. The zero-order valence-electron chi connectivity index (χ0n) is 5.83. The fourth-order valence-corrected chi connectivity index (χ4v) is 0.342. The van der Waals surface area contributed by atoms with Gasteiger partial charge in [0.05, 0.1) is 0 Å². The molecule has 0 spiro atoms. The molecule has 1 rings (SSSR count). The minimum atomic E-state index is 0. The molecule has 0 aliphatic carbocycles. The standard InChI is InChI=1S/C6H5.2CH3.V/c1-2-4-6-5-3-1;;;/h1-5H;2*1H3;/q3*-1;. The third-order valence-corrected chi connectivity index (χ3v) is 0.607. The van der Waals surface area contributed by atoms with Crippen LogP contribution in [-0.4, -0.2) is 0 Å². The average Bonchev–Trinajstić information content (AvgIpc) is 1.72. The normalized spacial score (nSPS) is 5.33. The van der Waals surface area contributed by atoms with Crippen molar-refractivity contribution in [3.05, 3.63) is 51.3 Å². The summed E-state index contributed by atoms with van der Waals surface area (Å²) in [6.07, 6.45) is 0. The summed E-state index contributed by atoms with van der Waals surface area (Å²) in [5.74, 6) is 0. The zero-order chi connectivity index (χ0) is 4.24. The van der Waals surface area contributed by atoms with Crippen molar-refractivity contribution in [3.8, 4) is 0 Å². The maximum Gasteiger partial charge on any atom is 0 e. The summed E-state index contributed by atoms with van der Waals surface area (Å²) in [5, 5.41) is 0. The quantitative estimate of drug-likeness (QED) is 0.508.